The third kappa shape index (κ3) is 1.42. The van der Waals surface area contributed by atoms with Gasteiger partial charge < -0.3 is 4.42 Å². The third-order valence-electron chi connectivity index (χ3n) is 1.85. The number of nitriles is 1. The van der Waals surface area contributed by atoms with Gasteiger partial charge in [0, 0.05) is 0 Å². The van der Waals surface area contributed by atoms with Gasteiger partial charge in [0.2, 0.25) is 0 Å². The van der Waals surface area contributed by atoms with E-state index in [0.29, 0.717) is 4.88 Å². The normalized spacial score (nSPS) is 10.1. The minimum Gasteiger partial charge on any atom is -0.459 e. The summed E-state index contributed by atoms with van der Waals surface area (Å²) in [5, 5.41) is 9.54. The van der Waals surface area contributed by atoms with E-state index in [1.165, 1.54) is 11.3 Å². The van der Waals surface area contributed by atoms with Gasteiger partial charge in [-0.3, -0.25) is 0 Å². The molecule has 2 aromatic heterocycles. The van der Waals surface area contributed by atoms with Crippen LogP contribution in [0.3, 0.4) is 0 Å². The number of furan rings is 1. The van der Waals surface area contributed by atoms with Crippen molar-refractivity contribution >= 4 is 11.3 Å². The van der Waals surface area contributed by atoms with Crippen molar-refractivity contribution in [2.24, 2.45) is 0 Å². The summed E-state index contributed by atoms with van der Waals surface area (Å²) in [6, 6.07) is 5.86. The lowest BCUT2D eigenvalue weighted by Crippen LogP contribution is -1.74. The summed E-state index contributed by atoms with van der Waals surface area (Å²) in [5.41, 5.74) is 0.765. The first kappa shape index (κ1) is 8.97. The quantitative estimate of drug-likeness (QED) is 0.717. The Morgan fingerprint density at radius 1 is 1.43 bits per heavy atom. The Labute approximate surface area is 85.6 Å². The van der Waals surface area contributed by atoms with Crippen molar-refractivity contribution in [3.63, 3.8) is 0 Å². The Hall–Kier alpha value is -1.60. The van der Waals surface area contributed by atoms with Gasteiger partial charge in [-0.05, 0) is 26.0 Å². The maximum absolute atomic E-state index is 8.77. The maximum atomic E-state index is 8.77. The van der Waals surface area contributed by atoms with Gasteiger partial charge in [-0.15, -0.1) is 0 Å². The van der Waals surface area contributed by atoms with Crippen LogP contribution in [0.15, 0.2) is 16.5 Å². The number of rotatable bonds is 1. The molecule has 0 atom stereocenters. The Kier molecular flexibility index (Phi) is 2.10. The van der Waals surface area contributed by atoms with E-state index >= 15 is 0 Å². The summed E-state index contributed by atoms with van der Waals surface area (Å²) in [6.45, 7) is 3.71. The fraction of sp³-hybridized carbons (Fsp3) is 0.200. The summed E-state index contributed by atoms with van der Waals surface area (Å²) < 4.78 is 5.42. The van der Waals surface area contributed by atoms with Crippen molar-refractivity contribution in [1.82, 2.24) is 4.98 Å². The van der Waals surface area contributed by atoms with Gasteiger partial charge >= 0.3 is 0 Å². The van der Waals surface area contributed by atoms with Crippen LogP contribution in [0.2, 0.25) is 0 Å². The second-order valence-electron chi connectivity index (χ2n) is 2.96. The second kappa shape index (κ2) is 3.28. The van der Waals surface area contributed by atoms with E-state index in [9.17, 15) is 0 Å². The standard InChI is InChI=1S/C10H8N2OS/c1-6-3-4-8(13-6)10-12-7(2)9(5-11)14-10/h3-4H,1-2H3. The fourth-order valence-corrected chi connectivity index (χ4v) is 1.98. The lowest BCUT2D eigenvalue weighted by molar-refractivity contribution is 0.548. The van der Waals surface area contributed by atoms with Crippen molar-refractivity contribution in [3.05, 3.63) is 28.5 Å². The van der Waals surface area contributed by atoms with Crippen LogP contribution in [0.5, 0.6) is 0 Å². The van der Waals surface area contributed by atoms with E-state index in [1.807, 2.05) is 26.0 Å². The highest BCUT2D eigenvalue weighted by molar-refractivity contribution is 7.15. The molecule has 0 saturated carbocycles. The molecule has 0 radical (unpaired) electrons. The SMILES string of the molecule is Cc1ccc(-c2nc(C)c(C#N)s2)o1. The van der Waals surface area contributed by atoms with Gasteiger partial charge in [-0.25, -0.2) is 4.98 Å². The van der Waals surface area contributed by atoms with Crippen LogP contribution in [0.1, 0.15) is 16.3 Å². The zero-order valence-corrected chi connectivity index (χ0v) is 8.68. The molecule has 0 aliphatic carbocycles. The van der Waals surface area contributed by atoms with Crippen molar-refractivity contribution in [1.29, 1.82) is 5.26 Å². The summed E-state index contributed by atoms with van der Waals surface area (Å²) in [7, 11) is 0. The van der Waals surface area contributed by atoms with Gasteiger partial charge in [0.1, 0.15) is 16.7 Å². The molecule has 14 heavy (non-hydrogen) atoms. The van der Waals surface area contributed by atoms with E-state index in [4.69, 9.17) is 9.68 Å². The molecule has 0 bridgehead atoms. The van der Waals surface area contributed by atoms with Crippen molar-refractivity contribution in [2.75, 3.05) is 0 Å². The van der Waals surface area contributed by atoms with Crippen molar-refractivity contribution in [2.45, 2.75) is 13.8 Å². The number of hydrogen-bond acceptors (Lipinski definition) is 4. The lowest BCUT2D eigenvalue weighted by Gasteiger charge is -1.86. The van der Waals surface area contributed by atoms with Gasteiger partial charge in [0.05, 0.1) is 5.69 Å². The molecule has 0 aliphatic heterocycles. The average molecular weight is 204 g/mol. The molecule has 0 N–H and O–H groups in total. The molecule has 0 aromatic carbocycles. The predicted molar refractivity (Wildman–Crippen MR) is 54.0 cm³/mol. The number of thiazole rings is 1. The summed E-state index contributed by atoms with van der Waals surface area (Å²) in [5.74, 6) is 1.59. The molecule has 0 amide bonds. The minimum atomic E-state index is 0.647. The maximum Gasteiger partial charge on any atom is 0.162 e. The molecular weight excluding hydrogens is 196 g/mol. The monoisotopic (exact) mass is 204 g/mol. The van der Waals surface area contributed by atoms with E-state index in [2.05, 4.69) is 11.1 Å². The highest BCUT2D eigenvalue weighted by Crippen LogP contribution is 2.28. The first-order chi connectivity index (χ1) is 6.70. The van der Waals surface area contributed by atoms with Crippen molar-refractivity contribution < 1.29 is 4.42 Å². The summed E-state index contributed by atoms with van der Waals surface area (Å²) in [6.07, 6.45) is 0. The van der Waals surface area contributed by atoms with Crippen molar-refractivity contribution in [3.8, 4) is 16.8 Å². The first-order valence-electron chi connectivity index (χ1n) is 4.15. The number of nitrogens with zero attached hydrogens (tertiary/aromatic N) is 2. The third-order valence-corrected chi connectivity index (χ3v) is 2.93. The topological polar surface area (TPSA) is 49.8 Å². The van der Waals surface area contributed by atoms with E-state index < -0.39 is 0 Å². The minimum absolute atomic E-state index is 0.647. The van der Waals surface area contributed by atoms with E-state index in [-0.39, 0.29) is 0 Å². The van der Waals surface area contributed by atoms with E-state index in [1.54, 1.807) is 0 Å². The molecule has 0 saturated heterocycles. The largest absolute Gasteiger partial charge is 0.459 e. The molecular formula is C10H8N2OS. The van der Waals surface area contributed by atoms with Crippen LogP contribution in [0.4, 0.5) is 0 Å². The molecule has 0 unspecified atom stereocenters. The second-order valence-corrected chi connectivity index (χ2v) is 3.95. The molecule has 0 spiro atoms. The van der Waals surface area contributed by atoms with Gasteiger partial charge in [0.15, 0.2) is 10.8 Å². The molecule has 2 aromatic rings. The molecule has 3 nitrogen and oxygen atoms in total. The lowest BCUT2D eigenvalue weighted by atomic mass is 10.4. The molecule has 4 heteroatoms. The van der Waals surface area contributed by atoms with Crippen LogP contribution in [-0.2, 0) is 0 Å². The highest BCUT2D eigenvalue weighted by atomic mass is 32.1. The van der Waals surface area contributed by atoms with Crippen LogP contribution >= 0.6 is 11.3 Å². The zero-order valence-electron chi connectivity index (χ0n) is 7.87. The van der Waals surface area contributed by atoms with Crippen LogP contribution in [0.25, 0.3) is 10.8 Å². The van der Waals surface area contributed by atoms with Crippen LogP contribution in [0, 0.1) is 25.2 Å². The first-order valence-corrected chi connectivity index (χ1v) is 4.96. The Morgan fingerprint density at radius 3 is 2.71 bits per heavy atom. The van der Waals surface area contributed by atoms with Crippen LogP contribution < -0.4 is 0 Å². The fourth-order valence-electron chi connectivity index (χ4n) is 1.16. The molecule has 2 rings (SSSR count). The average Bonchev–Trinajstić information content (AvgIpc) is 2.71. The smallest absolute Gasteiger partial charge is 0.162 e. The molecule has 2 heterocycles. The Morgan fingerprint density at radius 2 is 2.21 bits per heavy atom. The number of aromatic nitrogens is 1. The van der Waals surface area contributed by atoms with E-state index in [0.717, 1.165) is 22.2 Å². The summed E-state index contributed by atoms with van der Waals surface area (Å²) in [4.78, 5) is 4.91. The number of hydrogen-bond donors (Lipinski definition) is 0. The van der Waals surface area contributed by atoms with Gasteiger partial charge in [-0.1, -0.05) is 11.3 Å². The molecule has 0 aliphatic rings. The van der Waals surface area contributed by atoms with Crippen LogP contribution in [-0.4, -0.2) is 4.98 Å². The summed E-state index contributed by atoms with van der Waals surface area (Å²) >= 11 is 1.36. The predicted octanol–water partition coefficient (Wildman–Crippen LogP) is 2.89. The highest BCUT2D eigenvalue weighted by Gasteiger charge is 2.11. The molecule has 70 valence electrons. The Bertz CT molecular complexity index is 504. The zero-order chi connectivity index (χ0) is 10.1. The van der Waals surface area contributed by atoms with Gasteiger partial charge in [0.25, 0.3) is 0 Å². The number of aryl methyl sites for hydroxylation is 2. The van der Waals surface area contributed by atoms with Gasteiger partial charge in [-0.2, -0.15) is 5.26 Å². The Balaban J connectivity index is 2.48. The molecule has 0 fully saturated rings.